The van der Waals surface area contributed by atoms with Gasteiger partial charge in [-0.05, 0) is 35.2 Å². The third-order valence-corrected chi connectivity index (χ3v) is 3.80. The molecule has 0 bridgehead atoms. The molecule has 0 aliphatic carbocycles. The van der Waals surface area contributed by atoms with Gasteiger partial charge in [0.15, 0.2) is 11.5 Å². The second-order valence-corrected chi connectivity index (χ2v) is 6.75. The number of amides is 1. The molecule has 128 valence electrons. The number of benzene rings is 1. The SMILES string of the molecule is CC(C)(C)c1ccc(O)c(NC(=O)c2cc(-c3cccnc3)on2)c1. The molecular formula is C19H19N3O3. The minimum Gasteiger partial charge on any atom is -0.506 e. The van der Waals surface area contributed by atoms with Crippen molar-refractivity contribution in [3.05, 3.63) is 60.0 Å². The monoisotopic (exact) mass is 337 g/mol. The Bertz CT molecular complexity index is 896. The number of carbonyl (C=O) groups excluding carboxylic acids is 1. The molecule has 25 heavy (non-hydrogen) atoms. The van der Waals surface area contributed by atoms with Crippen LogP contribution in [0.4, 0.5) is 5.69 Å². The van der Waals surface area contributed by atoms with Crippen LogP contribution in [0.3, 0.4) is 0 Å². The molecule has 0 aliphatic rings. The van der Waals surface area contributed by atoms with Crippen molar-refractivity contribution >= 4 is 11.6 Å². The summed E-state index contributed by atoms with van der Waals surface area (Å²) in [5.41, 5.74) is 2.08. The molecule has 0 radical (unpaired) electrons. The largest absolute Gasteiger partial charge is 0.506 e. The van der Waals surface area contributed by atoms with Crippen molar-refractivity contribution in [2.45, 2.75) is 26.2 Å². The van der Waals surface area contributed by atoms with Crippen molar-refractivity contribution in [2.75, 3.05) is 5.32 Å². The average molecular weight is 337 g/mol. The number of hydrogen-bond donors (Lipinski definition) is 2. The Morgan fingerprint density at radius 3 is 2.68 bits per heavy atom. The van der Waals surface area contributed by atoms with Crippen LogP contribution in [0, 0.1) is 0 Å². The van der Waals surface area contributed by atoms with Gasteiger partial charge in [0, 0.05) is 24.0 Å². The Balaban J connectivity index is 1.83. The molecular weight excluding hydrogens is 318 g/mol. The highest BCUT2D eigenvalue weighted by Gasteiger charge is 2.18. The first-order valence-corrected chi connectivity index (χ1v) is 7.86. The molecule has 0 atom stereocenters. The van der Waals surface area contributed by atoms with Crippen LogP contribution in [0.15, 0.2) is 53.3 Å². The van der Waals surface area contributed by atoms with E-state index < -0.39 is 5.91 Å². The lowest BCUT2D eigenvalue weighted by Crippen LogP contribution is -2.15. The van der Waals surface area contributed by atoms with Crippen LogP contribution in [-0.2, 0) is 5.41 Å². The first kappa shape index (κ1) is 16.7. The summed E-state index contributed by atoms with van der Waals surface area (Å²) in [4.78, 5) is 16.4. The van der Waals surface area contributed by atoms with Gasteiger partial charge in [0.25, 0.3) is 5.91 Å². The summed E-state index contributed by atoms with van der Waals surface area (Å²) in [6.45, 7) is 6.17. The third-order valence-electron chi connectivity index (χ3n) is 3.80. The standard InChI is InChI=1S/C19H19N3O3/c1-19(2,3)13-6-7-16(23)14(9-13)21-18(24)15-10-17(25-22-15)12-5-4-8-20-11-12/h4-11,23H,1-3H3,(H,21,24). The summed E-state index contributed by atoms with van der Waals surface area (Å²) in [7, 11) is 0. The number of rotatable bonds is 3. The van der Waals surface area contributed by atoms with Gasteiger partial charge >= 0.3 is 0 Å². The van der Waals surface area contributed by atoms with Crippen LogP contribution < -0.4 is 5.32 Å². The molecule has 6 heteroatoms. The fourth-order valence-corrected chi connectivity index (χ4v) is 2.32. The molecule has 0 spiro atoms. The number of nitrogens with zero attached hydrogens (tertiary/aromatic N) is 2. The maximum absolute atomic E-state index is 12.4. The van der Waals surface area contributed by atoms with E-state index in [0.717, 1.165) is 11.1 Å². The molecule has 0 saturated heterocycles. The van der Waals surface area contributed by atoms with Crippen LogP contribution >= 0.6 is 0 Å². The van der Waals surface area contributed by atoms with E-state index in [9.17, 15) is 9.90 Å². The van der Waals surface area contributed by atoms with Gasteiger partial charge in [0.1, 0.15) is 5.75 Å². The molecule has 2 aromatic heterocycles. The number of aromatic hydroxyl groups is 1. The molecule has 3 rings (SSSR count). The molecule has 6 nitrogen and oxygen atoms in total. The molecule has 0 saturated carbocycles. The number of phenolic OH excluding ortho intramolecular Hbond substituents is 1. The van der Waals surface area contributed by atoms with Crippen LogP contribution in [0.2, 0.25) is 0 Å². The maximum atomic E-state index is 12.4. The van der Waals surface area contributed by atoms with E-state index in [1.807, 2.05) is 12.1 Å². The van der Waals surface area contributed by atoms with E-state index >= 15 is 0 Å². The molecule has 1 amide bonds. The lowest BCUT2D eigenvalue weighted by molar-refractivity contribution is 0.101. The van der Waals surface area contributed by atoms with Gasteiger partial charge in [-0.3, -0.25) is 9.78 Å². The number of hydrogen-bond acceptors (Lipinski definition) is 5. The molecule has 0 aliphatic heterocycles. The highest BCUT2D eigenvalue weighted by molar-refractivity contribution is 6.04. The normalized spacial score (nSPS) is 11.3. The average Bonchev–Trinajstić information content (AvgIpc) is 3.07. The van der Waals surface area contributed by atoms with Gasteiger partial charge in [0.05, 0.1) is 5.69 Å². The van der Waals surface area contributed by atoms with E-state index in [4.69, 9.17) is 4.52 Å². The Morgan fingerprint density at radius 2 is 2.00 bits per heavy atom. The van der Waals surface area contributed by atoms with Crippen molar-refractivity contribution in [1.82, 2.24) is 10.1 Å². The fraction of sp³-hybridized carbons (Fsp3) is 0.211. The Hall–Kier alpha value is -3.15. The lowest BCUT2D eigenvalue weighted by atomic mass is 9.87. The number of nitrogens with one attached hydrogen (secondary N) is 1. The predicted octanol–water partition coefficient (Wildman–Crippen LogP) is 3.99. The van der Waals surface area contributed by atoms with Gasteiger partial charge in [-0.1, -0.05) is 32.0 Å². The number of phenols is 1. The Kier molecular flexibility index (Phi) is 4.27. The Labute approximate surface area is 145 Å². The lowest BCUT2D eigenvalue weighted by Gasteiger charge is -2.20. The van der Waals surface area contributed by atoms with E-state index in [1.54, 1.807) is 30.6 Å². The zero-order valence-corrected chi connectivity index (χ0v) is 14.3. The number of anilines is 1. The summed E-state index contributed by atoms with van der Waals surface area (Å²) in [5, 5.41) is 16.5. The summed E-state index contributed by atoms with van der Waals surface area (Å²) >= 11 is 0. The van der Waals surface area contributed by atoms with Gasteiger partial charge in [-0.15, -0.1) is 0 Å². The van der Waals surface area contributed by atoms with Crippen molar-refractivity contribution in [3.8, 4) is 17.1 Å². The zero-order chi connectivity index (χ0) is 18.0. The summed E-state index contributed by atoms with van der Waals surface area (Å²) < 4.78 is 5.20. The van der Waals surface area contributed by atoms with E-state index in [1.165, 1.54) is 6.07 Å². The van der Waals surface area contributed by atoms with Gasteiger partial charge in [0.2, 0.25) is 0 Å². The van der Waals surface area contributed by atoms with Crippen molar-refractivity contribution < 1.29 is 14.4 Å². The van der Waals surface area contributed by atoms with Crippen molar-refractivity contribution in [1.29, 1.82) is 0 Å². The molecule has 0 unspecified atom stereocenters. The van der Waals surface area contributed by atoms with E-state index in [0.29, 0.717) is 11.4 Å². The Morgan fingerprint density at radius 1 is 1.20 bits per heavy atom. The smallest absolute Gasteiger partial charge is 0.277 e. The van der Waals surface area contributed by atoms with Crippen molar-refractivity contribution in [3.63, 3.8) is 0 Å². The zero-order valence-electron chi connectivity index (χ0n) is 14.3. The molecule has 2 heterocycles. The highest BCUT2D eigenvalue weighted by Crippen LogP contribution is 2.31. The minimum atomic E-state index is -0.458. The topological polar surface area (TPSA) is 88.2 Å². The first-order valence-electron chi connectivity index (χ1n) is 7.86. The number of aromatic nitrogens is 2. The maximum Gasteiger partial charge on any atom is 0.277 e. The van der Waals surface area contributed by atoms with E-state index in [-0.39, 0.29) is 16.9 Å². The van der Waals surface area contributed by atoms with Crippen LogP contribution in [0.25, 0.3) is 11.3 Å². The van der Waals surface area contributed by atoms with Gasteiger partial charge in [-0.2, -0.15) is 0 Å². The summed E-state index contributed by atoms with van der Waals surface area (Å²) in [6, 6.07) is 10.3. The van der Waals surface area contributed by atoms with Gasteiger partial charge < -0.3 is 14.9 Å². The predicted molar refractivity (Wildman–Crippen MR) is 94.5 cm³/mol. The minimum absolute atomic E-state index is 0.00247. The molecule has 1 aromatic carbocycles. The molecule has 2 N–H and O–H groups in total. The van der Waals surface area contributed by atoms with Crippen LogP contribution in [-0.4, -0.2) is 21.2 Å². The fourth-order valence-electron chi connectivity index (χ4n) is 2.32. The second kappa shape index (κ2) is 6.39. The summed E-state index contributed by atoms with van der Waals surface area (Å²) in [6.07, 6.45) is 3.28. The highest BCUT2D eigenvalue weighted by atomic mass is 16.5. The van der Waals surface area contributed by atoms with Crippen LogP contribution in [0.1, 0.15) is 36.8 Å². The third kappa shape index (κ3) is 3.68. The molecule has 0 fully saturated rings. The van der Waals surface area contributed by atoms with Crippen LogP contribution in [0.5, 0.6) is 5.75 Å². The van der Waals surface area contributed by atoms with Gasteiger partial charge in [-0.25, -0.2) is 0 Å². The molecule has 3 aromatic rings. The van der Waals surface area contributed by atoms with E-state index in [2.05, 4.69) is 36.2 Å². The number of pyridine rings is 1. The summed E-state index contributed by atoms with van der Waals surface area (Å²) in [5.74, 6) is -0.0107. The second-order valence-electron chi connectivity index (χ2n) is 6.75. The van der Waals surface area contributed by atoms with Crippen molar-refractivity contribution in [2.24, 2.45) is 0 Å². The quantitative estimate of drug-likeness (QED) is 0.705. The first-order chi connectivity index (χ1) is 11.8. The number of carbonyl (C=O) groups is 1.